The number of benzene rings is 1. The Labute approximate surface area is 222 Å². The number of nitrogens with zero attached hydrogens (tertiary/aromatic N) is 4. The van der Waals surface area contributed by atoms with E-state index in [0.29, 0.717) is 55.6 Å². The molecule has 1 aromatic carbocycles. The van der Waals surface area contributed by atoms with Crippen LogP contribution in [-0.4, -0.2) is 61.1 Å². The van der Waals surface area contributed by atoms with Crippen LogP contribution in [0.25, 0.3) is 11.1 Å². The molecule has 1 atom stereocenters. The first kappa shape index (κ1) is 29.4. The monoisotopic (exact) mass is 505 g/mol. The Balaban J connectivity index is 0.00000241. The van der Waals surface area contributed by atoms with E-state index >= 15 is 0 Å². The molecule has 2 heterocycles. The molecular formula is C29H39N5O3. The minimum Gasteiger partial charge on any atom is -0.384 e. The summed E-state index contributed by atoms with van der Waals surface area (Å²) >= 11 is 0. The summed E-state index contributed by atoms with van der Waals surface area (Å²) in [6.07, 6.45) is 7.65. The van der Waals surface area contributed by atoms with Crippen molar-refractivity contribution >= 4 is 23.3 Å². The van der Waals surface area contributed by atoms with Crippen molar-refractivity contribution < 1.29 is 15.8 Å². The number of pyridine rings is 1. The van der Waals surface area contributed by atoms with Gasteiger partial charge in [-0.05, 0) is 49.4 Å². The Morgan fingerprint density at radius 1 is 1.27 bits per heavy atom. The first-order chi connectivity index (χ1) is 16.9. The first-order valence-electron chi connectivity index (χ1n) is 11.8. The quantitative estimate of drug-likeness (QED) is 0.550. The summed E-state index contributed by atoms with van der Waals surface area (Å²) in [5.74, 6) is 2.64. The minimum absolute atomic E-state index is 0. The fourth-order valence-corrected chi connectivity index (χ4v) is 4.53. The molecule has 2 aromatic rings. The lowest BCUT2D eigenvalue weighted by Gasteiger charge is -2.41. The number of hydrogen-bond acceptors (Lipinski definition) is 6. The number of rotatable bonds is 7. The minimum atomic E-state index is -0.510. The van der Waals surface area contributed by atoms with Gasteiger partial charge in [0.2, 0.25) is 5.91 Å². The van der Waals surface area contributed by atoms with Gasteiger partial charge in [0.15, 0.2) is 0 Å². The molecule has 4 rings (SSSR count). The summed E-state index contributed by atoms with van der Waals surface area (Å²) in [6, 6.07) is 11.6. The van der Waals surface area contributed by atoms with Crippen LogP contribution >= 0.6 is 0 Å². The molecule has 1 saturated heterocycles. The van der Waals surface area contributed by atoms with Crippen LogP contribution in [0.3, 0.4) is 0 Å². The van der Waals surface area contributed by atoms with E-state index < -0.39 is 5.91 Å². The zero-order valence-electron chi connectivity index (χ0n) is 20.1. The van der Waals surface area contributed by atoms with Crippen LogP contribution in [0.5, 0.6) is 0 Å². The lowest BCUT2D eigenvalue weighted by Crippen LogP contribution is -2.54. The number of terminal acetylenes is 1. The van der Waals surface area contributed by atoms with Crippen LogP contribution in [0.15, 0.2) is 30.3 Å². The molecule has 0 bridgehead atoms. The van der Waals surface area contributed by atoms with E-state index in [2.05, 4.69) is 22.2 Å². The largest absolute Gasteiger partial charge is 0.384 e. The smallest absolute Gasteiger partial charge is 0.300 e. The van der Waals surface area contributed by atoms with E-state index in [1.807, 2.05) is 36.1 Å². The molecule has 0 spiro atoms. The topological polar surface area (TPSA) is 98.6 Å². The third-order valence-corrected chi connectivity index (χ3v) is 6.45. The van der Waals surface area contributed by atoms with E-state index in [0.717, 1.165) is 29.7 Å². The first-order valence-corrected chi connectivity index (χ1v) is 11.8. The predicted molar refractivity (Wildman–Crippen MR) is 149 cm³/mol. The van der Waals surface area contributed by atoms with Gasteiger partial charge < -0.3 is 19.9 Å². The normalized spacial score (nSPS) is 16.5. The van der Waals surface area contributed by atoms with E-state index in [1.165, 1.54) is 0 Å². The van der Waals surface area contributed by atoms with Gasteiger partial charge in [0.1, 0.15) is 11.9 Å². The molecule has 1 aromatic heterocycles. The number of methoxy groups -OCH3 is 1. The second kappa shape index (κ2) is 12.9. The number of piperazine rings is 1. The Kier molecular flexibility index (Phi) is 10.2. The van der Waals surface area contributed by atoms with Gasteiger partial charge in [-0.2, -0.15) is 5.26 Å². The molecule has 2 fully saturated rings. The third kappa shape index (κ3) is 6.67. The average molecular weight is 506 g/mol. The summed E-state index contributed by atoms with van der Waals surface area (Å²) in [7, 11) is 1.59. The molecule has 1 saturated carbocycles. The lowest BCUT2D eigenvalue weighted by molar-refractivity contribution is -0.134. The van der Waals surface area contributed by atoms with Crippen molar-refractivity contribution in [1.29, 1.82) is 5.26 Å². The van der Waals surface area contributed by atoms with Crippen molar-refractivity contribution in [3.05, 3.63) is 41.6 Å². The number of carbonyl (C=O) groups is 2. The number of anilines is 2. The third-order valence-electron chi connectivity index (χ3n) is 6.45. The van der Waals surface area contributed by atoms with Gasteiger partial charge >= 0.3 is 0 Å². The van der Waals surface area contributed by atoms with Crippen molar-refractivity contribution in [3.8, 4) is 29.5 Å². The number of carbonyl (C=O) groups excluding carboxylic acids is 2. The number of hydrogen-bond donors (Lipinski definition) is 1. The van der Waals surface area contributed by atoms with Gasteiger partial charge in [-0.15, -0.1) is 6.42 Å². The summed E-state index contributed by atoms with van der Waals surface area (Å²) < 4.78 is 5.05. The Morgan fingerprint density at radius 3 is 2.65 bits per heavy atom. The van der Waals surface area contributed by atoms with E-state index in [9.17, 15) is 14.9 Å². The maximum atomic E-state index is 12.5. The molecule has 198 valence electrons. The molecule has 37 heavy (non-hydrogen) atoms. The molecule has 8 heteroatoms. The number of nitrogens with one attached hydrogen (secondary N) is 1. The van der Waals surface area contributed by atoms with Crippen molar-refractivity contribution in [3.63, 3.8) is 0 Å². The summed E-state index contributed by atoms with van der Waals surface area (Å²) in [6.45, 7) is 4.23. The van der Waals surface area contributed by atoms with Crippen LogP contribution < -0.4 is 10.2 Å². The van der Waals surface area contributed by atoms with E-state index in [1.54, 1.807) is 13.2 Å². The fraction of sp³-hybridized carbons (Fsp3) is 0.448. The van der Waals surface area contributed by atoms with Gasteiger partial charge in [0.25, 0.3) is 5.91 Å². The fourth-order valence-electron chi connectivity index (χ4n) is 4.53. The van der Waals surface area contributed by atoms with Crippen molar-refractivity contribution in [2.75, 3.05) is 43.6 Å². The van der Waals surface area contributed by atoms with Gasteiger partial charge in [-0.3, -0.25) is 9.59 Å². The molecule has 0 radical (unpaired) electrons. The molecule has 8 nitrogen and oxygen atoms in total. The van der Waals surface area contributed by atoms with Crippen LogP contribution in [0, 0.1) is 23.7 Å². The second-order valence-electron chi connectivity index (χ2n) is 8.98. The molecular weight excluding hydrogens is 466 g/mol. The molecule has 2 aliphatic rings. The average Bonchev–Trinajstić information content (AvgIpc) is 3.72. The highest BCUT2D eigenvalue weighted by atomic mass is 16.5. The number of amides is 2. The highest BCUT2D eigenvalue weighted by Gasteiger charge is 2.33. The van der Waals surface area contributed by atoms with Gasteiger partial charge in [0.05, 0.1) is 24.3 Å². The van der Waals surface area contributed by atoms with Gasteiger partial charge in [-0.1, -0.05) is 27.0 Å². The maximum absolute atomic E-state index is 12.5. The van der Waals surface area contributed by atoms with E-state index in [-0.39, 0.29) is 28.2 Å². The number of ether oxygens (including phenoxy) is 1. The lowest BCUT2D eigenvalue weighted by atomic mass is 9.98. The summed E-state index contributed by atoms with van der Waals surface area (Å²) in [4.78, 5) is 33.2. The Morgan fingerprint density at radius 2 is 2.03 bits per heavy atom. The van der Waals surface area contributed by atoms with Crippen molar-refractivity contribution in [2.24, 2.45) is 0 Å². The second-order valence-corrected chi connectivity index (χ2v) is 8.98. The molecule has 1 aliphatic heterocycles. The molecule has 1 N–H and O–H groups in total. The standard InChI is InChI=1S/C27H29N5O3.2CH4.H2/c1-4-24(33)29-22-7-5-6-20(14-22)23-15-21(16-28)27(30-26(23)19-8-9-19)31-11-12-32(18(2)17-31)25(34)10-13-35-3;;;/h1,5-7,14-15,18-19H,8-13,17H2,2-3H3,(H,29,33);2*1H4;1H. The highest BCUT2D eigenvalue weighted by molar-refractivity contribution is 6.03. The van der Waals surface area contributed by atoms with Crippen molar-refractivity contribution in [1.82, 2.24) is 9.88 Å². The molecule has 1 unspecified atom stereocenters. The zero-order valence-corrected chi connectivity index (χ0v) is 20.1. The molecule has 1 aliphatic carbocycles. The number of aromatic nitrogens is 1. The van der Waals surface area contributed by atoms with Gasteiger partial charge in [-0.25, -0.2) is 4.98 Å². The summed E-state index contributed by atoms with van der Waals surface area (Å²) in [5.41, 5.74) is 3.82. The number of nitriles is 1. The van der Waals surface area contributed by atoms with Crippen molar-refractivity contribution in [2.45, 2.75) is 53.0 Å². The summed E-state index contributed by atoms with van der Waals surface area (Å²) in [5, 5.41) is 12.7. The predicted octanol–water partition coefficient (Wildman–Crippen LogP) is 4.66. The zero-order chi connectivity index (χ0) is 24.9. The maximum Gasteiger partial charge on any atom is 0.300 e. The SMILES string of the molecule is C.C.C#CC(=O)Nc1cccc(-c2cc(C#N)c(N3CCN(C(=O)CCOC)C(C)C3)nc2C2CC2)c1.[HH]. The Bertz CT molecular complexity index is 1220. The van der Waals surface area contributed by atoms with E-state index in [4.69, 9.17) is 16.1 Å². The van der Waals surface area contributed by atoms with Crippen LogP contribution in [-0.2, 0) is 14.3 Å². The van der Waals surface area contributed by atoms with Crippen LogP contribution in [0.2, 0.25) is 0 Å². The van der Waals surface area contributed by atoms with Crippen LogP contribution in [0.1, 0.15) is 59.6 Å². The molecule has 2 amide bonds. The van der Waals surface area contributed by atoms with Gasteiger partial charge in [0, 0.05) is 51.4 Å². The highest BCUT2D eigenvalue weighted by Crippen LogP contribution is 2.45. The Hall–Kier alpha value is -3.88. The van der Waals surface area contributed by atoms with Crippen LogP contribution in [0.4, 0.5) is 11.5 Å².